The first-order chi connectivity index (χ1) is 19.5. The first-order valence-electron chi connectivity index (χ1n) is 11.9. The van der Waals surface area contributed by atoms with Crippen LogP contribution in [-0.4, -0.2) is 80.0 Å². The number of aromatic nitrogens is 1. The van der Waals surface area contributed by atoms with Crippen molar-refractivity contribution in [3.63, 3.8) is 0 Å². The number of halogens is 2. The summed E-state index contributed by atoms with van der Waals surface area (Å²) >= 11 is 16.1. The number of rotatable bonds is 12. The van der Waals surface area contributed by atoms with Gasteiger partial charge in [-0.25, -0.2) is 4.79 Å². The number of carboxylic acids is 2. The SMILES string of the molecule is O=C(O)CNC(=O)C[n+]1ccc(SCC2=C(C(=O)O)N3C(=O)[C@H](NC(=O)CSc4cc(Cl)ccc4Cl)[C@H]3SC2)cc1. The van der Waals surface area contributed by atoms with E-state index >= 15 is 0 Å². The summed E-state index contributed by atoms with van der Waals surface area (Å²) in [6, 6.07) is 7.60. The van der Waals surface area contributed by atoms with Gasteiger partial charge in [0.1, 0.15) is 23.7 Å². The molecule has 0 radical (unpaired) electrons. The lowest BCUT2D eigenvalue weighted by Gasteiger charge is -2.49. The van der Waals surface area contributed by atoms with E-state index in [0.29, 0.717) is 32.0 Å². The molecule has 2 atom stereocenters. The van der Waals surface area contributed by atoms with Crippen molar-refractivity contribution in [1.29, 1.82) is 0 Å². The van der Waals surface area contributed by atoms with Crippen LogP contribution in [0.4, 0.5) is 0 Å². The van der Waals surface area contributed by atoms with Gasteiger partial charge < -0.3 is 20.8 Å². The Hall–Kier alpha value is -2.91. The molecule has 2 aliphatic rings. The molecule has 0 aliphatic carbocycles. The number of hydrogen-bond acceptors (Lipinski definition) is 8. The van der Waals surface area contributed by atoms with Gasteiger partial charge in [0.25, 0.3) is 11.8 Å². The predicted molar refractivity (Wildman–Crippen MR) is 155 cm³/mol. The molecule has 3 heterocycles. The van der Waals surface area contributed by atoms with Crippen molar-refractivity contribution in [2.24, 2.45) is 0 Å². The quantitative estimate of drug-likeness (QED) is 0.151. The van der Waals surface area contributed by atoms with Gasteiger partial charge in [-0.1, -0.05) is 23.2 Å². The van der Waals surface area contributed by atoms with Gasteiger partial charge in [0.15, 0.2) is 12.4 Å². The number of carbonyl (C=O) groups excluding carboxylic acids is 3. The Balaban J connectivity index is 1.32. The second-order valence-electron chi connectivity index (χ2n) is 8.74. The standard InChI is InChI=1S/C25H22Cl2N4O7S3/c26-14-1-2-16(27)17(7-14)40-12-19(33)29-21-23(36)31-22(25(37)38)13(11-41-24(21)31)10-39-15-3-5-30(6-4-15)9-18(32)28-8-20(34)35/h1-7,21,24H,8-12H2,(H3-,28,29,32,33,34,35,37,38)/p+1/t21-,24+/m0/s1. The monoisotopic (exact) mass is 657 g/mol. The zero-order valence-electron chi connectivity index (χ0n) is 21.0. The van der Waals surface area contributed by atoms with E-state index in [1.54, 1.807) is 47.3 Å². The highest BCUT2D eigenvalue weighted by Crippen LogP contribution is 2.41. The highest BCUT2D eigenvalue weighted by molar-refractivity contribution is 8.01. The average Bonchev–Trinajstić information content (AvgIpc) is 2.94. The molecule has 2 aromatic rings. The number of β-lactam (4-membered cyclic amide) rings is 1. The number of fused-ring (bicyclic) bond motifs is 1. The molecule has 0 bridgehead atoms. The van der Waals surface area contributed by atoms with Crippen LogP contribution in [-0.2, 0) is 30.5 Å². The Morgan fingerprint density at radius 3 is 2.49 bits per heavy atom. The number of hydrogen-bond donors (Lipinski definition) is 4. The third kappa shape index (κ3) is 7.89. The third-order valence-electron chi connectivity index (χ3n) is 5.85. The second kappa shape index (κ2) is 13.8. The number of benzene rings is 1. The maximum atomic E-state index is 12.9. The largest absolute Gasteiger partial charge is 0.480 e. The molecule has 0 unspecified atom stereocenters. The van der Waals surface area contributed by atoms with E-state index in [2.05, 4.69) is 10.6 Å². The van der Waals surface area contributed by atoms with Crippen molar-refractivity contribution >= 4 is 88.1 Å². The minimum absolute atomic E-state index is 0.00876. The Kier molecular flexibility index (Phi) is 10.5. The summed E-state index contributed by atoms with van der Waals surface area (Å²) in [6.45, 7) is -0.509. The second-order valence-corrected chi connectivity index (χ2v) is 12.8. The number of thioether (sulfide) groups is 3. The molecule has 1 aromatic heterocycles. The van der Waals surface area contributed by atoms with Gasteiger partial charge in [0.2, 0.25) is 12.5 Å². The summed E-state index contributed by atoms with van der Waals surface area (Å²) in [5.74, 6) is -2.95. The lowest BCUT2D eigenvalue weighted by Crippen LogP contribution is -2.70. The summed E-state index contributed by atoms with van der Waals surface area (Å²) in [4.78, 5) is 62.6. The van der Waals surface area contributed by atoms with E-state index in [1.807, 2.05) is 0 Å². The van der Waals surface area contributed by atoms with Gasteiger partial charge in [-0.05, 0) is 23.8 Å². The van der Waals surface area contributed by atoms with Crippen LogP contribution in [0.15, 0.2) is 63.8 Å². The molecule has 0 spiro atoms. The van der Waals surface area contributed by atoms with Gasteiger partial charge in [-0.3, -0.25) is 24.1 Å². The number of nitrogens with zero attached hydrogens (tertiary/aromatic N) is 2. The normalized spacial score (nSPS) is 17.9. The van der Waals surface area contributed by atoms with Crippen molar-refractivity contribution in [3.8, 4) is 0 Å². The van der Waals surface area contributed by atoms with Crippen molar-refractivity contribution in [1.82, 2.24) is 15.5 Å². The molecule has 1 aromatic carbocycles. The number of nitrogens with one attached hydrogen (secondary N) is 2. The van der Waals surface area contributed by atoms with Crippen LogP contribution in [0.5, 0.6) is 0 Å². The molecule has 16 heteroatoms. The summed E-state index contributed by atoms with van der Waals surface area (Å²) < 4.78 is 1.58. The van der Waals surface area contributed by atoms with Crippen molar-refractivity contribution in [2.75, 3.05) is 23.8 Å². The van der Waals surface area contributed by atoms with Crippen molar-refractivity contribution in [3.05, 3.63) is 64.0 Å². The molecular formula is C25H23Cl2N4O7S3+. The van der Waals surface area contributed by atoms with Gasteiger partial charge in [-0.2, -0.15) is 4.57 Å². The number of amides is 3. The summed E-state index contributed by atoms with van der Waals surface area (Å²) in [6.07, 6.45) is 3.32. The van der Waals surface area contributed by atoms with Gasteiger partial charge >= 0.3 is 11.9 Å². The molecule has 3 amide bonds. The zero-order valence-corrected chi connectivity index (χ0v) is 25.0. The molecule has 2 aliphatic heterocycles. The topological polar surface area (TPSA) is 157 Å². The minimum atomic E-state index is -1.21. The molecule has 11 nitrogen and oxygen atoms in total. The molecule has 4 rings (SSSR count). The fraction of sp³-hybridized carbons (Fsp3) is 0.280. The van der Waals surface area contributed by atoms with Crippen molar-refractivity contribution in [2.45, 2.75) is 27.8 Å². The highest BCUT2D eigenvalue weighted by Gasteiger charge is 2.54. The van der Waals surface area contributed by atoms with Crippen LogP contribution in [0.25, 0.3) is 0 Å². The molecule has 1 fully saturated rings. The minimum Gasteiger partial charge on any atom is -0.480 e. The highest BCUT2D eigenvalue weighted by atomic mass is 35.5. The van der Waals surface area contributed by atoms with E-state index in [1.165, 1.54) is 40.2 Å². The van der Waals surface area contributed by atoms with E-state index in [4.69, 9.17) is 28.3 Å². The number of carboxylic acid groups (broad SMARTS) is 2. The maximum Gasteiger partial charge on any atom is 0.352 e. The van der Waals surface area contributed by atoms with Crippen LogP contribution in [0.2, 0.25) is 10.0 Å². The van der Waals surface area contributed by atoms with Crippen LogP contribution in [0.1, 0.15) is 0 Å². The van der Waals surface area contributed by atoms with E-state index < -0.39 is 41.7 Å². The lowest BCUT2D eigenvalue weighted by atomic mass is 10.0. The Labute approximate surface area is 257 Å². The fourth-order valence-electron chi connectivity index (χ4n) is 3.95. The summed E-state index contributed by atoms with van der Waals surface area (Å²) in [7, 11) is 0. The maximum absolute atomic E-state index is 12.9. The zero-order chi connectivity index (χ0) is 29.7. The number of pyridine rings is 1. The molecule has 216 valence electrons. The van der Waals surface area contributed by atoms with Crippen molar-refractivity contribution < 1.29 is 38.8 Å². The molecule has 1 saturated heterocycles. The first kappa shape index (κ1) is 31.0. The molecule has 0 saturated carbocycles. The Morgan fingerprint density at radius 1 is 1.07 bits per heavy atom. The van der Waals surface area contributed by atoms with Crippen LogP contribution in [0, 0.1) is 0 Å². The number of carbonyl (C=O) groups is 5. The van der Waals surface area contributed by atoms with Crippen LogP contribution in [0.3, 0.4) is 0 Å². The first-order valence-corrected chi connectivity index (χ1v) is 15.7. The third-order valence-corrected chi connectivity index (χ3v) is 10.0. The summed E-state index contributed by atoms with van der Waals surface area (Å²) in [5, 5.41) is 24.0. The molecule has 4 N–H and O–H groups in total. The lowest BCUT2D eigenvalue weighted by molar-refractivity contribution is -0.684. The Morgan fingerprint density at radius 2 is 1.80 bits per heavy atom. The molecule has 41 heavy (non-hydrogen) atoms. The average molecular weight is 659 g/mol. The van der Waals surface area contributed by atoms with Crippen LogP contribution < -0.4 is 15.2 Å². The van der Waals surface area contributed by atoms with Gasteiger partial charge in [0.05, 0.1) is 10.8 Å². The van der Waals surface area contributed by atoms with E-state index in [0.717, 1.165) is 4.90 Å². The Bertz CT molecular complexity index is 1420. The fourth-order valence-corrected chi connectivity index (χ4v) is 7.63. The van der Waals surface area contributed by atoms with E-state index in [9.17, 15) is 29.1 Å². The summed E-state index contributed by atoms with van der Waals surface area (Å²) in [5.41, 5.74) is 0.510. The molecular weight excluding hydrogens is 635 g/mol. The van der Waals surface area contributed by atoms with Gasteiger partial charge in [-0.15, -0.1) is 35.3 Å². The number of aliphatic carboxylic acids is 2. The smallest absolute Gasteiger partial charge is 0.352 e. The predicted octanol–water partition coefficient (Wildman–Crippen LogP) is 2.10. The van der Waals surface area contributed by atoms with E-state index in [-0.39, 0.29) is 23.9 Å². The van der Waals surface area contributed by atoms with Gasteiger partial charge in [0, 0.05) is 38.5 Å². The van der Waals surface area contributed by atoms with Crippen LogP contribution >= 0.6 is 58.5 Å².